The van der Waals surface area contributed by atoms with E-state index in [1.54, 1.807) is 0 Å². The van der Waals surface area contributed by atoms with E-state index in [9.17, 15) is 0 Å². The summed E-state index contributed by atoms with van der Waals surface area (Å²) >= 11 is 0. The van der Waals surface area contributed by atoms with E-state index in [0.717, 1.165) is 12.8 Å². The number of unbranched alkanes of at least 4 members (excludes halogenated alkanes) is 3. The monoisotopic (exact) mass is 191 g/mol. The molecule has 1 nitrogen and oxygen atoms in total. The summed E-state index contributed by atoms with van der Waals surface area (Å²) < 4.78 is 0. The molecule has 0 N–H and O–H groups in total. The predicted octanol–water partition coefficient (Wildman–Crippen LogP) is 3.77. The highest BCUT2D eigenvalue weighted by atomic mass is 14.7. The molecule has 0 aliphatic rings. The van der Waals surface area contributed by atoms with Crippen LogP contribution < -0.4 is 0 Å². The van der Waals surface area contributed by atoms with Crippen molar-refractivity contribution in [2.24, 2.45) is 0 Å². The van der Waals surface area contributed by atoms with Crippen molar-refractivity contribution in [3.63, 3.8) is 0 Å². The van der Waals surface area contributed by atoms with Gasteiger partial charge in [-0.05, 0) is 37.0 Å². The molecule has 0 aliphatic heterocycles. The Hall–Kier alpha value is -0.850. The largest absolute Gasteiger partial charge is 0.261 e. The van der Waals surface area contributed by atoms with Crippen LogP contribution in [0.15, 0.2) is 18.3 Å². The second kappa shape index (κ2) is 6.58. The average molecular weight is 191 g/mol. The molecule has 0 bridgehead atoms. The molecule has 0 amide bonds. The van der Waals surface area contributed by atoms with Crippen LogP contribution in [0.1, 0.15) is 50.8 Å². The van der Waals surface area contributed by atoms with E-state index in [-0.39, 0.29) is 0 Å². The number of aryl methyl sites for hydroxylation is 2. The van der Waals surface area contributed by atoms with Gasteiger partial charge in [0, 0.05) is 11.9 Å². The molecular formula is C13H21N. The summed E-state index contributed by atoms with van der Waals surface area (Å²) in [6, 6.07) is 4.35. The summed E-state index contributed by atoms with van der Waals surface area (Å²) in [5.41, 5.74) is 2.67. The Kier molecular flexibility index (Phi) is 5.28. The van der Waals surface area contributed by atoms with Gasteiger partial charge in [-0.15, -0.1) is 0 Å². The number of pyridine rings is 1. The quantitative estimate of drug-likeness (QED) is 0.624. The normalized spacial score (nSPS) is 10.4. The van der Waals surface area contributed by atoms with Crippen molar-refractivity contribution in [1.29, 1.82) is 0 Å². The van der Waals surface area contributed by atoms with Crippen molar-refractivity contribution in [2.45, 2.75) is 52.4 Å². The van der Waals surface area contributed by atoms with Crippen molar-refractivity contribution in [3.05, 3.63) is 29.6 Å². The first-order valence-electron chi connectivity index (χ1n) is 5.80. The van der Waals surface area contributed by atoms with Gasteiger partial charge in [0.25, 0.3) is 0 Å². The third-order valence-electron chi connectivity index (χ3n) is 2.58. The maximum absolute atomic E-state index is 4.38. The molecule has 1 aromatic rings. The van der Waals surface area contributed by atoms with Crippen LogP contribution in [0.3, 0.4) is 0 Å². The van der Waals surface area contributed by atoms with Crippen molar-refractivity contribution >= 4 is 0 Å². The molecular weight excluding hydrogens is 170 g/mol. The summed E-state index contributed by atoms with van der Waals surface area (Å²) in [7, 11) is 0. The van der Waals surface area contributed by atoms with Crippen molar-refractivity contribution < 1.29 is 0 Å². The minimum Gasteiger partial charge on any atom is -0.261 e. The number of hydrogen-bond acceptors (Lipinski definition) is 1. The van der Waals surface area contributed by atoms with Crippen LogP contribution in [0, 0.1) is 0 Å². The minimum atomic E-state index is 1.12. The van der Waals surface area contributed by atoms with Gasteiger partial charge in [0.15, 0.2) is 0 Å². The summed E-state index contributed by atoms with van der Waals surface area (Å²) in [6.07, 6.45) is 9.49. The lowest BCUT2D eigenvalue weighted by Gasteiger charge is -2.02. The third-order valence-corrected chi connectivity index (χ3v) is 2.58. The first kappa shape index (κ1) is 11.2. The van der Waals surface area contributed by atoms with E-state index >= 15 is 0 Å². The van der Waals surface area contributed by atoms with E-state index in [4.69, 9.17) is 0 Å². The molecule has 0 aromatic carbocycles. The van der Waals surface area contributed by atoms with E-state index in [1.807, 2.05) is 6.20 Å². The van der Waals surface area contributed by atoms with Gasteiger partial charge < -0.3 is 0 Å². The van der Waals surface area contributed by atoms with E-state index in [2.05, 4.69) is 31.0 Å². The average Bonchev–Trinajstić information content (AvgIpc) is 2.25. The van der Waals surface area contributed by atoms with Crippen LogP contribution in [0.4, 0.5) is 0 Å². The first-order chi connectivity index (χ1) is 6.86. The number of aromatic nitrogens is 1. The van der Waals surface area contributed by atoms with Crippen LogP contribution in [-0.2, 0) is 12.8 Å². The lowest BCUT2D eigenvalue weighted by Crippen LogP contribution is -1.92. The fourth-order valence-electron chi connectivity index (χ4n) is 1.62. The first-order valence-corrected chi connectivity index (χ1v) is 5.80. The number of rotatable bonds is 6. The van der Waals surface area contributed by atoms with Crippen molar-refractivity contribution in [3.8, 4) is 0 Å². The molecule has 0 radical (unpaired) electrons. The number of nitrogens with zero attached hydrogens (tertiary/aromatic N) is 1. The van der Waals surface area contributed by atoms with Crippen LogP contribution in [-0.4, -0.2) is 4.98 Å². The summed E-state index contributed by atoms with van der Waals surface area (Å²) in [5, 5.41) is 0. The van der Waals surface area contributed by atoms with Gasteiger partial charge in [0.2, 0.25) is 0 Å². The Balaban J connectivity index is 2.34. The molecule has 0 saturated heterocycles. The standard InChI is InChI=1S/C13H21N/c1-3-5-6-7-8-13-11-12(4-2)9-10-14-13/h9-11H,3-8H2,1-2H3. The summed E-state index contributed by atoms with van der Waals surface area (Å²) in [6.45, 7) is 4.44. The zero-order chi connectivity index (χ0) is 10.2. The van der Waals surface area contributed by atoms with Crippen LogP contribution in [0.5, 0.6) is 0 Å². The fourth-order valence-corrected chi connectivity index (χ4v) is 1.62. The van der Waals surface area contributed by atoms with Gasteiger partial charge in [0.1, 0.15) is 0 Å². The van der Waals surface area contributed by atoms with Crippen LogP contribution in [0.25, 0.3) is 0 Å². The Bertz CT molecular complexity index is 255. The zero-order valence-corrected chi connectivity index (χ0v) is 9.42. The van der Waals surface area contributed by atoms with E-state index in [0.29, 0.717) is 0 Å². The van der Waals surface area contributed by atoms with Crippen LogP contribution >= 0.6 is 0 Å². The van der Waals surface area contributed by atoms with E-state index < -0.39 is 0 Å². The highest BCUT2D eigenvalue weighted by Crippen LogP contribution is 2.08. The highest BCUT2D eigenvalue weighted by Gasteiger charge is 1.96. The number of hydrogen-bond donors (Lipinski definition) is 0. The highest BCUT2D eigenvalue weighted by molar-refractivity contribution is 5.16. The molecule has 1 heterocycles. The van der Waals surface area contributed by atoms with E-state index in [1.165, 1.54) is 36.9 Å². The molecule has 0 aliphatic carbocycles. The second-order valence-corrected chi connectivity index (χ2v) is 3.82. The summed E-state index contributed by atoms with van der Waals surface area (Å²) in [5.74, 6) is 0. The van der Waals surface area contributed by atoms with Crippen LogP contribution in [0.2, 0.25) is 0 Å². The molecule has 1 rings (SSSR count). The van der Waals surface area contributed by atoms with Crippen molar-refractivity contribution in [2.75, 3.05) is 0 Å². The molecule has 78 valence electrons. The molecule has 1 heteroatoms. The van der Waals surface area contributed by atoms with Gasteiger partial charge in [0.05, 0.1) is 0 Å². The smallest absolute Gasteiger partial charge is 0.0406 e. The second-order valence-electron chi connectivity index (χ2n) is 3.82. The summed E-state index contributed by atoms with van der Waals surface area (Å²) in [4.78, 5) is 4.38. The van der Waals surface area contributed by atoms with Gasteiger partial charge in [-0.3, -0.25) is 4.98 Å². The molecule has 0 atom stereocenters. The Labute approximate surface area is 87.6 Å². The predicted molar refractivity (Wildman–Crippen MR) is 61.5 cm³/mol. The SMILES string of the molecule is CCCCCCc1cc(CC)ccn1. The van der Waals surface area contributed by atoms with Gasteiger partial charge in [-0.2, -0.15) is 0 Å². The Morgan fingerprint density at radius 3 is 2.71 bits per heavy atom. The fraction of sp³-hybridized carbons (Fsp3) is 0.615. The third kappa shape index (κ3) is 3.91. The molecule has 0 fully saturated rings. The molecule has 1 aromatic heterocycles. The molecule has 0 saturated carbocycles. The molecule has 14 heavy (non-hydrogen) atoms. The topological polar surface area (TPSA) is 12.9 Å². The molecule has 0 spiro atoms. The maximum Gasteiger partial charge on any atom is 0.0406 e. The van der Waals surface area contributed by atoms with Gasteiger partial charge in [-0.25, -0.2) is 0 Å². The lowest BCUT2D eigenvalue weighted by molar-refractivity contribution is 0.660. The zero-order valence-electron chi connectivity index (χ0n) is 9.42. The maximum atomic E-state index is 4.38. The van der Waals surface area contributed by atoms with Crippen molar-refractivity contribution in [1.82, 2.24) is 4.98 Å². The Morgan fingerprint density at radius 1 is 1.14 bits per heavy atom. The lowest BCUT2D eigenvalue weighted by atomic mass is 10.1. The van der Waals surface area contributed by atoms with Gasteiger partial charge >= 0.3 is 0 Å². The van der Waals surface area contributed by atoms with Gasteiger partial charge in [-0.1, -0.05) is 33.1 Å². The Morgan fingerprint density at radius 2 is 2.00 bits per heavy atom. The molecule has 0 unspecified atom stereocenters. The minimum absolute atomic E-state index is 1.12.